The molecule has 0 bridgehead atoms. The van der Waals surface area contributed by atoms with Crippen molar-refractivity contribution in [2.75, 3.05) is 6.54 Å². The van der Waals surface area contributed by atoms with Crippen LogP contribution in [-0.4, -0.2) is 23.4 Å². The molecule has 6 heteroatoms. The maximum atomic E-state index is 12.2. The third-order valence-electron chi connectivity index (χ3n) is 3.35. The Morgan fingerprint density at radius 3 is 2.79 bits per heavy atom. The number of nitro benzene ring substituents is 1. The third kappa shape index (κ3) is 3.08. The van der Waals surface area contributed by atoms with Crippen LogP contribution in [0.1, 0.15) is 28.8 Å². The Morgan fingerprint density at radius 2 is 2.26 bits per heavy atom. The van der Waals surface area contributed by atoms with Crippen LogP contribution in [0.3, 0.4) is 0 Å². The summed E-state index contributed by atoms with van der Waals surface area (Å²) in [6.07, 6.45) is 2.11. The second-order valence-electron chi connectivity index (χ2n) is 4.93. The number of benzene rings is 1. The number of nitrogens with one attached hydrogen (secondary N) is 1. The molecule has 1 atom stereocenters. The van der Waals surface area contributed by atoms with Crippen molar-refractivity contribution in [3.05, 3.63) is 39.4 Å². The summed E-state index contributed by atoms with van der Waals surface area (Å²) in [6.45, 7) is 2.15. The van der Waals surface area contributed by atoms with Gasteiger partial charge in [0.15, 0.2) is 0 Å². The van der Waals surface area contributed by atoms with Crippen LogP contribution < -0.4 is 11.1 Å². The van der Waals surface area contributed by atoms with Gasteiger partial charge in [0.05, 0.1) is 4.92 Å². The molecule has 1 fully saturated rings. The fraction of sp³-hybridized carbons (Fsp3) is 0.462. The van der Waals surface area contributed by atoms with Gasteiger partial charge in [-0.2, -0.15) is 0 Å². The highest BCUT2D eigenvalue weighted by Crippen LogP contribution is 2.32. The van der Waals surface area contributed by atoms with Gasteiger partial charge in [-0.25, -0.2) is 0 Å². The quantitative estimate of drug-likeness (QED) is 0.619. The average Bonchev–Trinajstić information content (AvgIpc) is 3.19. The molecule has 0 aliphatic heterocycles. The standard InChI is InChI=1S/C13H17N3O3/c1-8-2-5-12(16(18)19)10(6-8)13(17)15-11(7-14)9-3-4-9/h2,5-6,9,11H,3-4,7,14H2,1H3,(H,15,17). The van der Waals surface area contributed by atoms with Gasteiger partial charge in [-0.3, -0.25) is 14.9 Å². The lowest BCUT2D eigenvalue weighted by atomic mass is 10.1. The Bertz CT molecular complexity index is 512. The molecule has 1 saturated carbocycles. The Hall–Kier alpha value is -1.95. The number of nitrogens with two attached hydrogens (primary N) is 1. The zero-order chi connectivity index (χ0) is 14.0. The van der Waals surface area contributed by atoms with Crippen molar-refractivity contribution in [2.45, 2.75) is 25.8 Å². The van der Waals surface area contributed by atoms with Gasteiger partial charge in [-0.05, 0) is 37.3 Å². The van der Waals surface area contributed by atoms with E-state index >= 15 is 0 Å². The molecule has 1 aromatic rings. The van der Waals surface area contributed by atoms with Crippen LogP contribution in [0.25, 0.3) is 0 Å². The lowest BCUT2D eigenvalue weighted by molar-refractivity contribution is -0.385. The molecule has 1 amide bonds. The van der Waals surface area contributed by atoms with Crippen molar-refractivity contribution >= 4 is 11.6 Å². The largest absolute Gasteiger partial charge is 0.348 e. The Labute approximate surface area is 111 Å². The number of nitrogens with zero attached hydrogens (tertiary/aromatic N) is 1. The van der Waals surface area contributed by atoms with E-state index in [0.29, 0.717) is 12.5 Å². The summed E-state index contributed by atoms with van der Waals surface area (Å²) >= 11 is 0. The van der Waals surface area contributed by atoms with Gasteiger partial charge in [-0.15, -0.1) is 0 Å². The van der Waals surface area contributed by atoms with E-state index in [1.54, 1.807) is 13.0 Å². The molecule has 1 unspecified atom stereocenters. The fourth-order valence-electron chi connectivity index (χ4n) is 2.10. The van der Waals surface area contributed by atoms with Crippen LogP contribution in [0.15, 0.2) is 18.2 Å². The summed E-state index contributed by atoms with van der Waals surface area (Å²) in [5.74, 6) is -0.00411. The zero-order valence-corrected chi connectivity index (χ0v) is 10.8. The molecule has 102 valence electrons. The van der Waals surface area contributed by atoms with Crippen molar-refractivity contribution in [1.29, 1.82) is 0 Å². The van der Waals surface area contributed by atoms with Crippen LogP contribution in [0.4, 0.5) is 5.69 Å². The first kappa shape index (κ1) is 13.5. The van der Waals surface area contributed by atoms with E-state index in [4.69, 9.17) is 5.73 Å². The van der Waals surface area contributed by atoms with Crippen molar-refractivity contribution in [1.82, 2.24) is 5.32 Å². The SMILES string of the molecule is Cc1ccc([N+](=O)[O-])c(C(=O)NC(CN)C2CC2)c1. The minimum absolute atomic E-state index is 0.0902. The van der Waals surface area contributed by atoms with E-state index in [-0.39, 0.29) is 17.3 Å². The second kappa shape index (κ2) is 5.36. The molecule has 1 aliphatic carbocycles. The molecule has 0 saturated heterocycles. The van der Waals surface area contributed by atoms with Gasteiger partial charge < -0.3 is 11.1 Å². The highest BCUT2D eigenvalue weighted by atomic mass is 16.6. The van der Waals surface area contributed by atoms with Crippen molar-refractivity contribution in [2.24, 2.45) is 11.7 Å². The molecule has 1 aliphatic rings. The van der Waals surface area contributed by atoms with E-state index in [1.807, 2.05) is 0 Å². The summed E-state index contributed by atoms with van der Waals surface area (Å²) in [5.41, 5.74) is 6.36. The minimum Gasteiger partial charge on any atom is -0.348 e. The van der Waals surface area contributed by atoms with Crippen LogP contribution in [-0.2, 0) is 0 Å². The molecule has 0 radical (unpaired) electrons. The minimum atomic E-state index is -0.539. The van der Waals surface area contributed by atoms with E-state index in [1.165, 1.54) is 12.1 Å². The summed E-state index contributed by atoms with van der Waals surface area (Å²) in [6, 6.07) is 4.43. The van der Waals surface area contributed by atoms with Gasteiger partial charge >= 0.3 is 0 Å². The Kier molecular flexibility index (Phi) is 3.80. The summed E-state index contributed by atoms with van der Waals surface area (Å²) in [7, 11) is 0. The monoisotopic (exact) mass is 263 g/mol. The van der Waals surface area contributed by atoms with Crippen molar-refractivity contribution in [3.8, 4) is 0 Å². The first-order valence-electron chi connectivity index (χ1n) is 6.29. The number of hydrogen-bond acceptors (Lipinski definition) is 4. The van der Waals surface area contributed by atoms with Gasteiger partial charge in [0.25, 0.3) is 11.6 Å². The number of carbonyl (C=O) groups excluding carboxylic acids is 1. The lowest BCUT2D eigenvalue weighted by Gasteiger charge is -2.16. The first-order chi connectivity index (χ1) is 9.02. The van der Waals surface area contributed by atoms with Gasteiger partial charge in [0.2, 0.25) is 0 Å². The van der Waals surface area contributed by atoms with E-state index < -0.39 is 10.8 Å². The molecular weight excluding hydrogens is 246 g/mol. The smallest absolute Gasteiger partial charge is 0.282 e. The third-order valence-corrected chi connectivity index (χ3v) is 3.35. The fourth-order valence-corrected chi connectivity index (χ4v) is 2.10. The molecule has 0 spiro atoms. The number of carbonyl (C=O) groups is 1. The van der Waals surface area contributed by atoms with Crippen LogP contribution in [0.5, 0.6) is 0 Å². The van der Waals surface area contributed by atoms with Gasteiger partial charge in [-0.1, -0.05) is 6.07 Å². The number of nitro groups is 1. The van der Waals surface area contributed by atoms with Crippen molar-refractivity contribution in [3.63, 3.8) is 0 Å². The average molecular weight is 263 g/mol. The molecule has 3 N–H and O–H groups in total. The molecular formula is C13H17N3O3. The van der Waals surface area contributed by atoms with Gasteiger partial charge in [0, 0.05) is 18.7 Å². The number of aryl methyl sites for hydroxylation is 1. The molecule has 0 aromatic heterocycles. The summed E-state index contributed by atoms with van der Waals surface area (Å²) in [4.78, 5) is 22.6. The van der Waals surface area contributed by atoms with E-state index in [9.17, 15) is 14.9 Å². The Balaban J connectivity index is 2.21. The predicted octanol–water partition coefficient (Wildman–Crippen LogP) is 1.37. The second-order valence-corrected chi connectivity index (χ2v) is 4.93. The van der Waals surface area contributed by atoms with Crippen LogP contribution in [0.2, 0.25) is 0 Å². The van der Waals surface area contributed by atoms with E-state index in [2.05, 4.69) is 5.32 Å². The van der Waals surface area contributed by atoms with Crippen molar-refractivity contribution < 1.29 is 9.72 Å². The van der Waals surface area contributed by atoms with Crippen LogP contribution >= 0.6 is 0 Å². The van der Waals surface area contributed by atoms with Crippen LogP contribution in [0, 0.1) is 23.0 Å². The normalized spacial score (nSPS) is 15.9. The number of amides is 1. The zero-order valence-electron chi connectivity index (χ0n) is 10.8. The summed E-state index contributed by atoms with van der Waals surface area (Å²) < 4.78 is 0. The molecule has 1 aromatic carbocycles. The van der Waals surface area contributed by atoms with E-state index in [0.717, 1.165) is 18.4 Å². The highest BCUT2D eigenvalue weighted by Gasteiger charge is 2.32. The molecule has 2 rings (SSSR count). The maximum absolute atomic E-state index is 12.2. The lowest BCUT2D eigenvalue weighted by Crippen LogP contribution is -2.41. The highest BCUT2D eigenvalue weighted by molar-refractivity contribution is 5.98. The maximum Gasteiger partial charge on any atom is 0.282 e. The predicted molar refractivity (Wildman–Crippen MR) is 70.9 cm³/mol. The van der Waals surface area contributed by atoms with Gasteiger partial charge in [0.1, 0.15) is 5.56 Å². The molecule has 6 nitrogen and oxygen atoms in total. The molecule has 19 heavy (non-hydrogen) atoms. The Morgan fingerprint density at radius 1 is 1.58 bits per heavy atom. The first-order valence-corrected chi connectivity index (χ1v) is 6.29. The number of rotatable bonds is 5. The number of hydrogen-bond donors (Lipinski definition) is 2. The topological polar surface area (TPSA) is 98.3 Å². The summed E-state index contributed by atoms with van der Waals surface area (Å²) in [5, 5.41) is 13.7. The molecule has 0 heterocycles.